The number of nitrogens with one attached hydrogen (secondary N) is 1. The standard InChI is InChI=1S/C11H13ClFNO2/c1-7(15)5-6-14-11(16)10-8(12)3-2-4-9(10)13/h2-4,7,15H,5-6H2,1H3,(H,14,16). The predicted molar refractivity (Wildman–Crippen MR) is 60.0 cm³/mol. The first-order chi connectivity index (χ1) is 7.52. The van der Waals surface area contributed by atoms with Gasteiger partial charge >= 0.3 is 0 Å². The van der Waals surface area contributed by atoms with Crippen molar-refractivity contribution in [2.24, 2.45) is 0 Å². The highest BCUT2D eigenvalue weighted by Gasteiger charge is 2.14. The molecule has 16 heavy (non-hydrogen) atoms. The van der Waals surface area contributed by atoms with Crippen molar-refractivity contribution in [3.05, 3.63) is 34.6 Å². The Morgan fingerprint density at radius 3 is 2.88 bits per heavy atom. The molecule has 2 N–H and O–H groups in total. The summed E-state index contributed by atoms with van der Waals surface area (Å²) in [6.07, 6.45) is -0.0888. The number of aliphatic hydroxyl groups is 1. The highest BCUT2D eigenvalue weighted by molar-refractivity contribution is 6.33. The SMILES string of the molecule is CC(O)CCNC(=O)c1c(F)cccc1Cl. The van der Waals surface area contributed by atoms with E-state index in [1.54, 1.807) is 6.92 Å². The van der Waals surface area contributed by atoms with Crippen LogP contribution in [0.3, 0.4) is 0 Å². The molecule has 1 aromatic rings. The van der Waals surface area contributed by atoms with Crippen LogP contribution in [-0.4, -0.2) is 23.7 Å². The summed E-state index contributed by atoms with van der Waals surface area (Å²) in [5.74, 6) is -1.22. The minimum Gasteiger partial charge on any atom is -0.393 e. The van der Waals surface area contributed by atoms with Crippen LogP contribution in [0.5, 0.6) is 0 Å². The summed E-state index contributed by atoms with van der Waals surface area (Å²) in [7, 11) is 0. The molecule has 0 saturated heterocycles. The van der Waals surface area contributed by atoms with Gasteiger partial charge in [0, 0.05) is 6.54 Å². The Morgan fingerprint density at radius 2 is 2.31 bits per heavy atom. The molecule has 0 aromatic heterocycles. The van der Waals surface area contributed by atoms with Gasteiger partial charge in [0.1, 0.15) is 5.82 Å². The van der Waals surface area contributed by atoms with Gasteiger partial charge in [-0.3, -0.25) is 4.79 Å². The zero-order chi connectivity index (χ0) is 12.1. The zero-order valence-corrected chi connectivity index (χ0v) is 9.59. The maximum Gasteiger partial charge on any atom is 0.255 e. The summed E-state index contributed by atoms with van der Waals surface area (Å²) in [5, 5.41) is 11.6. The monoisotopic (exact) mass is 245 g/mol. The van der Waals surface area contributed by atoms with Gasteiger partial charge < -0.3 is 10.4 Å². The lowest BCUT2D eigenvalue weighted by Crippen LogP contribution is -2.27. The van der Waals surface area contributed by atoms with E-state index in [-0.39, 0.29) is 17.1 Å². The third-order valence-electron chi connectivity index (χ3n) is 2.04. The lowest BCUT2D eigenvalue weighted by atomic mass is 10.2. The van der Waals surface area contributed by atoms with Crippen molar-refractivity contribution in [2.75, 3.05) is 6.54 Å². The van der Waals surface area contributed by atoms with Crippen molar-refractivity contribution in [3.63, 3.8) is 0 Å². The minimum absolute atomic E-state index is 0.0783. The van der Waals surface area contributed by atoms with Crippen LogP contribution < -0.4 is 5.32 Å². The van der Waals surface area contributed by atoms with Crippen molar-refractivity contribution in [1.82, 2.24) is 5.32 Å². The number of carbonyl (C=O) groups excluding carboxylic acids is 1. The van der Waals surface area contributed by atoms with Gasteiger partial charge in [0.25, 0.3) is 5.91 Å². The van der Waals surface area contributed by atoms with E-state index >= 15 is 0 Å². The fraction of sp³-hybridized carbons (Fsp3) is 0.364. The van der Waals surface area contributed by atoms with Crippen molar-refractivity contribution in [2.45, 2.75) is 19.4 Å². The summed E-state index contributed by atoms with van der Waals surface area (Å²) in [5.41, 5.74) is -0.158. The minimum atomic E-state index is -0.651. The quantitative estimate of drug-likeness (QED) is 0.852. The largest absolute Gasteiger partial charge is 0.393 e. The summed E-state index contributed by atoms with van der Waals surface area (Å²) in [4.78, 5) is 11.6. The highest BCUT2D eigenvalue weighted by Crippen LogP contribution is 2.18. The van der Waals surface area contributed by atoms with Crippen LogP contribution in [0.1, 0.15) is 23.7 Å². The Labute approximate surface area is 98.2 Å². The summed E-state index contributed by atoms with van der Waals surface area (Å²) < 4.78 is 13.3. The summed E-state index contributed by atoms with van der Waals surface area (Å²) >= 11 is 5.72. The fourth-order valence-corrected chi connectivity index (χ4v) is 1.45. The molecule has 0 radical (unpaired) electrons. The predicted octanol–water partition coefficient (Wildman–Crippen LogP) is 1.98. The van der Waals surface area contributed by atoms with Crippen LogP contribution in [0.15, 0.2) is 18.2 Å². The molecule has 1 unspecified atom stereocenters. The van der Waals surface area contributed by atoms with E-state index in [1.807, 2.05) is 0 Å². The second kappa shape index (κ2) is 5.82. The lowest BCUT2D eigenvalue weighted by molar-refractivity contribution is 0.0942. The molecule has 0 aliphatic heterocycles. The number of rotatable bonds is 4. The van der Waals surface area contributed by atoms with Gasteiger partial charge in [0.2, 0.25) is 0 Å². The van der Waals surface area contributed by atoms with Crippen LogP contribution in [0.4, 0.5) is 4.39 Å². The molecule has 88 valence electrons. The normalized spacial score (nSPS) is 12.2. The van der Waals surface area contributed by atoms with E-state index in [0.29, 0.717) is 6.42 Å². The van der Waals surface area contributed by atoms with Crippen LogP contribution in [0.25, 0.3) is 0 Å². The molecule has 0 aliphatic carbocycles. The average Bonchev–Trinajstić information content (AvgIpc) is 2.16. The lowest BCUT2D eigenvalue weighted by Gasteiger charge is -2.08. The van der Waals surface area contributed by atoms with Crippen molar-refractivity contribution in [1.29, 1.82) is 0 Å². The van der Waals surface area contributed by atoms with Crippen LogP contribution in [0, 0.1) is 5.82 Å². The molecule has 0 heterocycles. The Kier molecular flexibility index (Phi) is 4.71. The molecule has 0 fully saturated rings. The van der Waals surface area contributed by atoms with E-state index in [4.69, 9.17) is 16.7 Å². The van der Waals surface area contributed by atoms with E-state index in [1.165, 1.54) is 18.2 Å². The Balaban J connectivity index is 2.66. The van der Waals surface area contributed by atoms with Gasteiger partial charge in [-0.05, 0) is 25.5 Å². The molecule has 1 rings (SSSR count). The smallest absolute Gasteiger partial charge is 0.255 e. The molecule has 3 nitrogen and oxygen atoms in total. The van der Waals surface area contributed by atoms with E-state index < -0.39 is 17.8 Å². The third-order valence-corrected chi connectivity index (χ3v) is 2.35. The molecule has 0 saturated carbocycles. The fourth-order valence-electron chi connectivity index (χ4n) is 1.20. The first-order valence-corrected chi connectivity index (χ1v) is 5.30. The third kappa shape index (κ3) is 3.47. The van der Waals surface area contributed by atoms with Gasteiger partial charge in [0.05, 0.1) is 16.7 Å². The topological polar surface area (TPSA) is 49.3 Å². The van der Waals surface area contributed by atoms with Crippen LogP contribution in [-0.2, 0) is 0 Å². The van der Waals surface area contributed by atoms with Gasteiger partial charge in [-0.1, -0.05) is 17.7 Å². The highest BCUT2D eigenvalue weighted by atomic mass is 35.5. The van der Waals surface area contributed by atoms with Crippen molar-refractivity contribution in [3.8, 4) is 0 Å². The molecule has 5 heteroatoms. The van der Waals surface area contributed by atoms with Gasteiger partial charge in [-0.15, -0.1) is 0 Å². The summed E-state index contributed by atoms with van der Waals surface area (Å²) in [6.45, 7) is 1.89. The molecule has 0 spiro atoms. The molecule has 0 aliphatic rings. The Hall–Kier alpha value is -1.13. The van der Waals surface area contributed by atoms with E-state index in [9.17, 15) is 9.18 Å². The number of carbonyl (C=O) groups is 1. The molecule has 1 atom stereocenters. The van der Waals surface area contributed by atoms with Gasteiger partial charge in [-0.25, -0.2) is 4.39 Å². The number of benzene rings is 1. The van der Waals surface area contributed by atoms with Gasteiger partial charge in [0.15, 0.2) is 0 Å². The molecular formula is C11H13ClFNO2. The molecular weight excluding hydrogens is 233 g/mol. The Bertz CT molecular complexity index is 362. The number of aliphatic hydroxyl groups excluding tert-OH is 1. The average molecular weight is 246 g/mol. The number of hydrogen-bond donors (Lipinski definition) is 2. The molecule has 1 aromatic carbocycles. The van der Waals surface area contributed by atoms with Crippen molar-refractivity contribution < 1.29 is 14.3 Å². The number of hydrogen-bond acceptors (Lipinski definition) is 2. The van der Waals surface area contributed by atoms with Crippen molar-refractivity contribution >= 4 is 17.5 Å². The number of halogens is 2. The van der Waals surface area contributed by atoms with E-state index in [2.05, 4.69) is 5.32 Å². The maximum absolute atomic E-state index is 13.3. The molecule has 1 amide bonds. The maximum atomic E-state index is 13.3. The first kappa shape index (κ1) is 12.9. The second-order valence-corrected chi connectivity index (χ2v) is 3.90. The zero-order valence-electron chi connectivity index (χ0n) is 8.84. The first-order valence-electron chi connectivity index (χ1n) is 4.92. The second-order valence-electron chi connectivity index (χ2n) is 3.49. The Morgan fingerprint density at radius 1 is 1.62 bits per heavy atom. The molecule has 0 bridgehead atoms. The van der Waals surface area contributed by atoms with Crippen LogP contribution >= 0.6 is 11.6 Å². The van der Waals surface area contributed by atoms with E-state index in [0.717, 1.165) is 0 Å². The summed E-state index contributed by atoms with van der Waals surface area (Å²) in [6, 6.07) is 4.06. The van der Waals surface area contributed by atoms with Gasteiger partial charge in [-0.2, -0.15) is 0 Å². The van der Waals surface area contributed by atoms with Crippen LogP contribution in [0.2, 0.25) is 5.02 Å². The number of amides is 1.